The SMILES string of the molecule is Nc1cc(C(F)(F)F)cc(OCc2ccc(Br)cc2)n1. The van der Waals surface area contributed by atoms with Crippen molar-refractivity contribution in [1.29, 1.82) is 0 Å². The summed E-state index contributed by atoms with van der Waals surface area (Å²) < 4.78 is 44.0. The van der Waals surface area contributed by atoms with Crippen LogP contribution in [0.2, 0.25) is 0 Å². The first-order valence-electron chi connectivity index (χ1n) is 5.56. The number of rotatable bonds is 3. The van der Waals surface area contributed by atoms with Gasteiger partial charge in [0.15, 0.2) is 0 Å². The van der Waals surface area contributed by atoms with E-state index in [-0.39, 0.29) is 18.3 Å². The Bertz CT molecular complexity index is 600. The molecule has 2 N–H and O–H groups in total. The predicted molar refractivity (Wildman–Crippen MR) is 72.1 cm³/mol. The second-order valence-corrected chi connectivity index (χ2v) is 4.95. The van der Waals surface area contributed by atoms with E-state index in [0.29, 0.717) is 0 Å². The number of aromatic nitrogens is 1. The second-order valence-electron chi connectivity index (χ2n) is 4.03. The minimum absolute atomic E-state index is 0.112. The van der Waals surface area contributed by atoms with Crippen LogP contribution in [0.3, 0.4) is 0 Å². The Morgan fingerprint density at radius 2 is 1.80 bits per heavy atom. The fourth-order valence-corrected chi connectivity index (χ4v) is 1.77. The van der Waals surface area contributed by atoms with Crippen LogP contribution < -0.4 is 10.5 Å². The highest BCUT2D eigenvalue weighted by molar-refractivity contribution is 9.10. The van der Waals surface area contributed by atoms with Crippen LogP contribution in [-0.4, -0.2) is 4.98 Å². The lowest BCUT2D eigenvalue weighted by Gasteiger charge is -2.10. The van der Waals surface area contributed by atoms with E-state index in [4.69, 9.17) is 10.5 Å². The second kappa shape index (κ2) is 5.70. The van der Waals surface area contributed by atoms with Gasteiger partial charge in [0.1, 0.15) is 12.4 Å². The Kier molecular flexibility index (Phi) is 4.17. The molecular weight excluding hydrogens is 337 g/mol. The number of hydrogen-bond donors (Lipinski definition) is 1. The number of halogens is 4. The fraction of sp³-hybridized carbons (Fsp3) is 0.154. The molecule has 0 saturated heterocycles. The smallest absolute Gasteiger partial charge is 0.416 e. The first-order valence-corrected chi connectivity index (χ1v) is 6.36. The summed E-state index contributed by atoms with van der Waals surface area (Å²) >= 11 is 3.29. The van der Waals surface area contributed by atoms with Gasteiger partial charge < -0.3 is 10.5 Å². The number of nitrogen functional groups attached to an aromatic ring is 1. The molecule has 1 heterocycles. The molecule has 0 atom stereocenters. The Balaban J connectivity index is 2.13. The average molecular weight is 347 g/mol. The molecule has 3 nitrogen and oxygen atoms in total. The summed E-state index contributed by atoms with van der Waals surface area (Å²) in [5.74, 6) is -0.383. The number of nitrogens with zero attached hydrogens (tertiary/aromatic N) is 1. The average Bonchev–Trinajstić information content (AvgIpc) is 2.36. The maximum absolute atomic E-state index is 12.6. The number of ether oxygens (including phenoxy) is 1. The van der Waals surface area contributed by atoms with Gasteiger partial charge in [-0.15, -0.1) is 0 Å². The first-order chi connectivity index (χ1) is 9.34. The van der Waals surface area contributed by atoms with Crippen LogP contribution in [0.1, 0.15) is 11.1 Å². The third-order valence-corrected chi connectivity index (χ3v) is 2.98. The number of pyridine rings is 1. The lowest BCUT2D eigenvalue weighted by molar-refractivity contribution is -0.137. The largest absolute Gasteiger partial charge is 0.473 e. The summed E-state index contributed by atoms with van der Waals surface area (Å²) in [5, 5.41) is 0. The molecule has 106 valence electrons. The number of hydrogen-bond acceptors (Lipinski definition) is 3. The van der Waals surface area contributed by atoms with Crippen molar-refractivity contribution in [2.75, 3.05) is 5.73 Å². The van der Waals surface area contributed by atoms with Crippen molar-refractivity contribution in [2.45, 2.75) is 12.8 Å². The molecule has 0 bridgehead atoms. The van der Waals surface area contributed by atoms with Gasteiger partial charge in [-0.3, -0.25) is 0 Å². The number of alkyl halides is 3. The molecule has 2 aromatic rings. The molecule has 20 heavy (non-hydrogen) atoms. The maximum Gasteiger partial charge on any atom is 0.416 e. The molecule has 2 rings (SSSR count). The van der Waals surface area contributed by atoms with E-state index >= 15 is 0 Å². The maximum atomic E-state index is 12.6. The van der Waals surface area contributed by atoms with Crippen LogP contribution in [0.25, 0.3) is 0 Å². The minimum atomic E-state index is -4.48. The van der Waals surface area contributed by atoms with Gasteiger partial charge in [0.05, 0.1) is 5.56 Å². The monoisotopic (exact) mass is 346 g/mol. The van der Waals surface area contributed by atoms with Gasteiger partial charge in [0.25, 0.3) is 0 Å². The fourth-order valence-electron chi connectivity index (χ4n) is 1.50. The van der Waals surface area contributed by atoms with E-state index in [2.05, 4.69) is 20.9 Å². The van der Waals surface area contributed by atoms with E-state index < -0.39 is 11.7 Å². The Morgan fingerprint density at radius 1 is 1.15 bits per heavy atom. The van der Waals surface area contributed by atoms with Gasteiger partial charge in [-0.05, 0) is 23.8 Å². The molecule has 0 fully saturated rings. The molecule has 0 saturated carbocycles. The van der Waals surface area contributed by atoms with Crippen LogP contribution in [-0.2, 0) is 12.8 Å². The van der Waals surface area contributed by atoms with Crippen molar-refractivity contribution in [1.82, 2.24) is 4.98 Å². The zero-order valence-electron chi connectivity index (χ0n) is 10.1. The topological polar surface area (TPSA) is 48.1 Å². The highest BCUT2D eigenvalue weighted by atomic mass is 79.9. The standard InChI is InChI=1S/C13H10BrF3N2O/c14-10-3-1-8(2-4-10)7-20-12-6-9(13(15,16)17)5-11(18)19-12/h1-6H,7H2,(H2,18,19). The Hall–Kier alpha value is -1.76. The van der Waals surface area contributed by atoms with E-state index in [1.807, 2.05) is 12.1 Å². The zero-order valence-corrected chi connectivity index (χ0v) is 11.7. The zero-order chi connectivity index (χ0) is 14.8. The molecule has 0 aliphatic carbocycles. The normalized spacial score (nSPS) is 11.4. The molecule has 0 unspecified atom stereocenters. The molecular formula is C13H10BrF3N2O. The van der Waals surface area contributed by atoms with Gasteiger partial charge in [0.2, 0.25) is 5.88 Å². The summed E-state index contributed by atoms with van der Waals surface area (Å²) in [6.07, 6.45) is -4.48. The summed E-state index contributed by atoms with van der Waals surface area (Å²) in [5.41, 5.74) is 5.28. The van der Waals surface area contributed by atoms with Crippen molar-refractivity contribution >= 4 is 21.7 Å². The van der Waals surface area contributed by atoms with E-state index in [0.717, 1.165) is 22.2 Å². The van der Waals surface area contributed by atoms with Crippen LogP contribution in [0, 0.1) is 0 Å². The van der Waals surface area contributed by atoms with Gasteiger partial charge in [-0.1, -0.05) is 28.1 Å². The van der Waals surface area contributed by atoms with Crippen molar-refractivity contribution < 1.29 is 17.9 Å². The van der Waals surface area contributed by atoms with E-state index in [9.17, 15) is 13.2 Å². The summed E-state index contributed by atoms with van der Waals surface area (Å²) in [7, 11) is 0. The molecule has 1 aromatic carbocycles. The molecule has 7 heteroatoms. The van der Waals surface area contributed by atoms with Crippen LogP contribution in [0.5, 0.6) is 5.88 Å². The Labute approximate surface area is 121 Å². The van der Waals surface area contributed by atoms with Crippen molar-refractivity contribution in [3.8, 4) is 5.88 Å². The quantitative estimate of drug-likeness (QED) is 0.912. The highest BCUT2D eigenvalue weighted by Gasteiger charge is 2.31. The van der Waals surface area contributed by atoms with Crippen molar-refractivity contribution in [3.63, 3.8) is 0 Å². The van der Waals surface area contributed by atoms with E-state index in [1.54, 1.807) is 12.1 Å². The molecule has 1 aromatic heterocycles. The molecule has 0 aliphatic rings. The Morgan fingerprint density at radius 3 is 2.40 bits per heavy atom. The van der Waals surface area contributed by atoms with Crippen molar-refractivity contribution in [2.24, 2.45) is 0 Å². The van der Waals surface area contributed by atoms with Crippen LogP contribution in [0.15, 0.2) is 40.9 Å². The lowest BCUT2D eigenvalue weighted by Crippen LogP contribution is -2.08. The van der Waals surface area contributed by atoms with Gasteiger partial charge in [-0.2, -0.15) is 18.2 Å². The lowest BCUT2D eigenvalue weighted by atomic mass is 10.2. The molecule has 0 radical (unpaired) electrons. The molecule has 0 amide bonds. The third kappa shape index (κ3) is 3.86. The van der Waals surface area contributed by atoms with Crippen LogP contribution >= 0.6 is 15.9 Å². The summed E-state index contributed by atoms with van der Waals surface area (Å²) in [4.78, 5) is 3.73. The number of benzene rings is 1. The molecule has 0 spiro atoms. The van der Waals surface area contributed by atoms with Crippen molar-refractivity contribution in [3.05, 3.63) is 52.0 Å². The van der Waals surface area contributed by atoms with E-state index in [1.165, 1.54) is 0 Å². The summed E-state index contributed by atoms with van der Waals surface area (Å²) in [6.45, 7) is 0.112. The van der Waals surface area contributed by atoms with Gasteiger partial charge >= 0.3 is 6.18 Å². The third-order valence-electron chi connectivity index (χ3n) is 2.45. The summed E-state index contributed by atoms with van der Waals surface area (Å²) in [6, 6.07) is 8.81. The molecule has 0 aliphatic heterocycles. The van der Waals surface area contributed by atoms with Crippen LogP contribution in [0.4, 0.5) is 19.0 Å². The first kappa shape index (κ1) is 14.6. The predicted octanol–water partition coefficient (Wildman–Crippen LogP) is 4.02. The number of anilines is 1. The van der Waals surface area contributed by atoms with Gasteiger partial charge in [0, 0.05) is 10.5 Å². The van der Waals surface area contributed by atoms with Gasteiger partial charge in [-0.25, -0.2) is 0 Å². The minimum Gasteiger partial charge on any atom is -0.473 e. The number of nitrogens with two attached hydrogens (primary N) is 1. The highest BCUT2D eigenvalue weighted by Crippen LogP contribution is 2.32.